The minimum atomic E-state index is -0.184. The van der Waals surface area contributed by atoms with Crippen molar-refractivity contribution in [2.24, 2.45) is 0 Å². The van der Waals surface area contributed by atoms with Crippen LogP contribution in [0.1, 0.15) is 0 Å². The average molecular weight is 343 g/mol. The summed E-state index contributed by atoms with van der Waals surface area (Å²) in [5, 5.41) is 0.543. The van der Waals surface area contributed by atoms with Crippen LogP contribution in [-0.4, -0.2) is 9.66 Å². The Morgan fingerprint density at radius 2 is 1.31 bits per heavy atom. The smallest absolute Gasteiger partial charge is 0.281 e. The van der Waals surface area contributed by atoms with E-state index in [2.05, 4.69) is 21.3 Å². The van der Waals surface area contributed by atoms with Gasteiger partial charge < -0.3 is 0 Å². The van der Waals surface area contributed by atoms with E-state index >= 15 is 0 Å². The molecule has 1 aromatic heterocycles. The number of para-hydroxylation sites is 3. The Bertz CT molecular complexity index is 1080. The normalized spacial score (nSPS) is 10.5. The summed E-state index contributed by atoms with van der Waals surface area (Å²) in [6, 6.07) is 26.4. The Balaban J connectivity index is 1.76. The summed E-state index contributed by atoms with van der Waals surface area (Å²) in [5.41, 5.74) is 11.3. The van der Waals surface area contributed by atoms with Crippen molar-refractivity contribution in [2.75, 3.05) is 16.3 Å². The molecule has 0 unspecified atom stereocenters. The fraction of sp³-hybridized carbons (Fsp3) is 0. The fourth-order valence-electron chi connectivity index (χ4n) is 2.61. The van der Waals surface area contributed by atoms with E-state index in [0.717, 1.165) is 11.4 Å². The number of aromatic nitrogens is 2. The third kappa shape index (κ3) is 3.21. The van der Waals surface area contributed by atoms with Crippen LogP contribution in [0.2, 0.25) is 0 Å². The summed E-state index contributed by atoms with van der Waals surface area (Å²) >= 11 is 0. The second-order valence-electron chi connectivity index (χ2n) is 5.69. The van der Waals surface area contributed by atoms with E-state index in [1.807, 2.05) is 78.9 Å². The molecule has 4 rings (SSSR count). The van der Waals surface area contributed by atoms with E-state index in [4.69, 9.17) is 0 Å². The van der Waals surface area contributed by atoms with Crippen LogP contribution in [0.25, 0.3) is 10.9 Å². The molecule has 0 radical (unpaired) electrons. The van der Waals surface area contributed by atoms with Crippen molar-refractivity contribution in [3.63, 3.8) is 0 Å². The van der Waals surface area contributed by atoms with Crippen LogP contribution in [0.15, 0.2) is 89.7 Å². The molecule has 0 saturated heterocycles. The molecule has 3 N–H and O–H groups in total. The first-order chi connectivity index (χ1) is 12.8. The van der Waals surface area contributed by atoms with E-state index in [1.54, 1.807) is 6.07 Å². The summed E-state index contributed by atoms with van der Waals surface area (Å²) in [5.74, 6) is 0.362. The second-order valence-corrected chi connectivity index (χ2v) is 5.69. The summed E-state index contributed by atoms with van der Waals surface area (Å²) < 4.78 is 1.40. The molecule has 3 aromatic carbocycles. The van der Waals surface area contributed by atoms with Crippen LogP contribution < -0.4 is 21.8 Å². The van der Waals surface area contributed by atoms with Crippen molar-refractivity contribution in [2.45, 2.75) is 0 Å². The van der Waals surface area contributed by atoms with Crippen LogP contribution in [0.5, 0.6) is 0 Å². The van der Waals surface area contributed by atoms with Crippen LogP contribution in [0.3, 0.4) is 0 Å². The molecule has 0 fully saturated rings. The number of nitrogens with zero attached hydrogens (tertiary/aromatic N) is 2. The first kappa shape index (κ1) is 15.7. The molecule has 128 valence electrons. The minimum absolute atomic E-state index is 0.184. The molecule has 0 aliphatic carbocycles. The molecule has 6 nitrogen and oxygen atoms in total. The minimum Gasteiger partial charge on any atom is -0.298 e. The molecule has 0 spiro atoms. The van der Waals surface area contributed by atoms with Gasteiger partial charge in [-0.3, -0.25) is 21.1 Å². The topological polar surface area (TPSA) is 71.0 Å². The zero-order chi connectivity index (χ0) is 17.8. The Hall–Kier alpha value is -3.80. The molecular weight excluding hydrogens is 326 g/mol. The van der Waals surface area contributed by atoms with E-state index in [-0.39, 0.29) is 5.56 Å². The van der Waals surface area contributed by atoms with Gasteiger partial charge in [0.15, 0.2) is 0 Å². The molecule has 6 heteroatoms. The maximum atomic E-state index is 13.0. The van der Waals surface area contributed by atoms with E-state index < -0.39 is 0 Å². The quantitative estimate of drug-likeness (QED) is 0.482. The van der Waals surface area contributed by atoms with Gasteiger partial charge in [0, 0.05) is 0 Å². The number of anilines is 3. The third-order valence-electron chi connectivity index (χ3n) is 3.88. The molecule has 0 amide bonds. The largest absolute Gasteiger partial charge is 0.298 e. The maximum Gasteiger partial charge on any atom is 0.281 e. The van der Waals surface area contributed by atoms with Crippen LogP contribution in [0.4, 0.5) is 17.3 Å². The van der Waals surface area contributed by atoms with Crippen molar-refractivity contribution in [3.8, 4) is 0 Å². The Morgan fingerprint density at radius 3 is 2.04 bits per heavy atom. The van der Waals surface area contributed by atoms with Gasteiger partial charge in [0.2, 0.25) is 5.95 Å². The van der Waals surface area contributed by atoms with Gasteiger partial charge in [0.05, 0.1) is 22.3 Å². The molecule has 0 bridgehead atoms. The Kier molecular flexibility index (Phi) is 4.22. The zero-order valence-electron chi connectivity index (χ0n) is 13.9. The predicted molar refractivity (Wildman–Crippen MR) is 105 cm³/mol. The summed E-state index contributed by atoms with van der Waals surface area (Å²) in [4.78, 5) is 17.5. The monoisotopic (exact) mass is 343 g/mol. The van der Waals surface area contributed by atoms with Crippen LogP contribution in [0, 0.1) is 0 Å². The van der Waals surface area contributed by atoms with Gasteiger partial charge in [-0.05, 0) is 36.4 Å². The van der Waals surface area contributed by atoms with Crippen molar-refractivity contribution in [1.82, 2.24) is 9.66 Å². The highest BCUT2D eigenvalue weighted by atomic mass is 16.1. The second kappa shape index (κ2) is 6.98. The summed E-state index contributed by atoms with van der Waals surface area (Å²) in [6.07, 6.45) is 0. The van der Waals surface area contributed by atoms with Gasteiger partial charge in [-0.1, -0.05) is 48.5 Å². The molecular formula is C20H17N5O. The van der Waals surface area contributed by atoms with E-state index in [1.165, 1.54) is 4.68 Å². The molecule has 0 aliphatic heterocycles. The predicted octanol–water partition coefficient (Wildman–Crippen LogP) is 3.71. The van der Waals surface area contributed by atoms with Crippen molar-refractivity contribution in [3.05, 3.63) is 95.3 Å². The number of fused-ring (bicyclic) bond motifs is 1. The first-order valence-electron chi connectivity index (χ1n) is 8.22. The highest BCUT2D eigenvalue weighted by Crippen LogP contribution is 2.14. The Morgan fingerprint density at radius 1 is 0.692 bits per heavy atom. The maximum absolute atomic E-state index is 13.0. The number of nitrogens with one attached hydrogen (secondary N) is 3. The summed E-state index contributed by atoms with van der Waals surface area (Å²) in [7, 11) is 0. The van der Waals surface area contributed by atoms with Crippen molar-refractivity contribution >= 4 is 28.2 Å². The van der Waals surface area contributed by atoms with E-state index in [9.17, 15) is 4.79 Å². The lowest BCUT2D eigenvalue weighted by atomic mass is 10.2. The number of benzene rings is 3. The highest BCUT2D eigenvalue weighted by molar-refractivity contribution is 5.79. The lowest BCUT2D eigenvalue weighted by Gasteiger charge is -2.17. The molecule has 0 aliphatic rings. The lowest BCUT2D eigenvalue weighted by molar-refractivity contribution is 0.886. The van der Waals surface area contributed by atoms with Crippen molar-refractivity contribution < 1.29 is 0 Å². The van der Waals surface area contributed by atoms with E-state index in [0.29, 0.717) is 16.9 Å². The number of hydrogen-bond acceptors (Lipinski definition) is 5. The van der Waals surface area contributed by atoms with Crippen LogP contribution in [-0.2, 0) is 0 Å². The molecule has 26 heavy (non-hydrogen) atoms. The lowest BCUT2D eigenvalue weighted by Crippen LogP contribution is -2.31. The van der Waals surface area contributed by atoms with Gasteiger partial charge in [-0.15, -0.1) is 0 Å². The highest BCUT2D eigenvalue weighted by Gasteiger charge is 2.11. The van der Waals surface area contributed by atoms with Gasteiger partial charge in [0.1, 0.15) is 0 Å². The molecule has 4 aromatic rings. The average Bonchev–Trinajstić information content (AvgIpc) is 2.70. The van der Waals surface area contributed by atoms with Gasteiger partial charge >= 0.3 is 0 Å². The number of hydrazine groups is 1. The first-order valence-corrected chi connectivity index (χ1v) is 8.22. The molecule has 1 heterocycles. The number of rotatable bonds is 5. The zero-order valence-corrected chi connectivity index (χ0v) is 13.9. The van der Waals surface area contributed by atoms with Crippen LogP contribution >= 0.6 is 0 Å². The van der Waals surface area contributed by atoms with Gasteiger partial charge in [-0.25, -0.2) is 4.98 Å². The fourth-order valence-corrected chi connectivity index (χ4v) is 2.61. The van der Waals surface area contributed by atoms with Gasteiger partial charge in [0.25, 0.3) is 5.56 Å². The Labute approximate surface area is 150 Å². The molecule has 0 atom stereocenters. The standard InChI is InChI=1S/C20H17N5O/c26-19-17-13-7-8-14-18(17)21-20(23-22-15-9-3-1-4-10-15)25(19)24-16-11-5-2-6-12-16/h1-14,22,24H,(H,21,23). The van der Waals surface area contributed by atoms with Gasteiger partial charge in [-0.2, -0.15) is 4.68 Å². The van der Waals surface area contributed by atoms with Crippen molar-refractivity contribution in [1.29, 1.82) is 0 Å². The number of hydrogen-bond donors (Lipinski definition) is 3. The third-order valence-corrected chi connectivity index (χ3v) is 3.88. The summed E-state index contributed by atoms with van der Waals surface area (Å²) in [6.45, 7) is 0. The molecule has 0 saturated carbocycles. The SMILES string of the molecule is O=c1c2ccccc2nc(NNc2ccccc2)n1Nc1ccccc1.